The van der Waals surface area contributed by atoms with E-state index in [0.717, 1.165) is 12.8 Å². The summed E-state index contributed by atoms with van der Waals surface area (Å²) in [6.07, 6.45) is 8.64. The number of benzene rings is 1. The number of carbonyl (C=O) groups is 1. The molecule has 124 valence electrons. The van der Waals surface area contributed by atoms with Gasteiger partial charge in [0.2, 0.25) is 0 Å². The molecule has 0 unspecified atom stereocenters. The summed E-state index contributed by atoms with van der Waals surface area (Å²) in [6.45, 7) is 2.20. The van der Waals surface area contributed by atoms with Crippen LogP contribution in [0.25, 0.3) is 0 Å². The molecule has 0 heterocycles. The van der Waals surface area contributed by atoms with E-state index in [2.05, 4.69) is 6.92 Å². The summed E-state index contributed by atoms with van der Waals surface area (Å²) >= 11 is 0. The highest BCUT2D eigenvalue weighted by molar-refractivity contribution is 5.66. The van der Waals surface area contributed by atoms with Crippen molar-refractivity contribution >= 4 is 11.7 Å². The molecule has 1 aromatic carbocycles. The van der Waals surface area contributed by atoms with Gasteiger partial charge < -0.3 is 10.2 Å². The first-order chi connectivity index (χ1) is 10.5. The van der Waals surface area contributed by atoms with E-state index in [1.54, 1.807) is 0 Å². The molecule has 1 aromatic rings. The number of carboxylic acid groups (broad SMARTS) is 1. The summed E-state index contributed by atoms with van der Waals surface area (Å²) in [6, 6.07) is 5.55. The third-order valence-electron chi connectivity index (χ3n) is 3.07. The monoisotopic (exact) mass is 311 g/mol. The van der Waals surface area contributed by atoms with Crippen LogP contribution in [0.1, 0.15) is 58.3 Å². The van der Waals surface area contributed by atoms with Crippen LogP contribution in [-0.2, 0) is 4.79 Å². The number of unbranched alkanes of at least 4 members (excludes halogenated alkanes) is 6. The normalized spacial score (nSPS) is 9.68. The van der Waals surface area contributed by atoms with Crippen molar-refractivity contribution in [2.24, 2.45) is 0 Å². The summed E-state index contributed by atoms with van der Waals surface area (Å²) in [7, 11) is 0. The maximum atomic E-state index is 10.1. The van der Waals surface area contributed by atoms with Crippen molar-refractivity contribution in [3.05, 3.63) is 34.4 Å². The lowest BCUT2D eigenvalue weighted by molar-refractivity contribution is -0.385. The summed E-state index contributed by atoms with van der Waals surface area (Å²) in [5.74, 6) is -0.962. The van der Waals surface area contributed by atoms with Gasteiger partial charge in [0, 0.05) is 12.5 Å². The van der Waals surface area contributed by atoms with Crippen LogP contribution in [0.5, 0.6) is 5.75 Å². The van der Waals surface area contributed by atoms with Gasteiger partial charge in [-0.2, -0.15) is 0 Å². The Bertz CT molecular complexity index is 448. The molecule has 0 aromatic heterocycles. The number of aliphatic carboxylic acids is 1. The van der Waals surface area contributed by atoms with Gasteiger partial charge in [-0.1, -0.05) is 57.6 Å². The van der Waals surface area contributed by atoms with Gasteiger partial charge in [-0.3, -0.25) is 14.9 Å². The zero-order valence-corrected chi connectivity index (χ0v) is 13.0. The third-order valence-corrected chi connectivity index (χ3v) is 3.07. The molecule has 2 N–H and O–H groups in total. The summed E-state index contributed by atoms with van der Waals surface area (Å²) in [5, 5.41) is 27.3. The maximum absolute atomic E-state index is 10.1. The second-order valence-corrected chi connectivity index (χ2v) is 5.01. The van der Waals surface area contributed by atoms with E-state index in [4.69, 9.17) is 10.2 Å². The number of rotatable bonds is 9. The van der Waals surface area contributed by atoms with E-state index in [0.29, 0.717) is 6.42 Å². The fourth-order valence-corrected chi connectivity index (χ4v) is 1.85. The average Bonchev–Trinajstić information content (AvgIpc) is 2.47. The highest BCUT2D eigenvalue weighted by Gasteiger charge is 2.09. The Kier molecular flexibility index (Phi) is 11.4. The topological polar surface area (TPSA) is 101 Å². The van der Waals surface area contributed by atoms with Crippen LogP contribution in [0.3, 0.4) is 0 Å². The molecule has 0 atom stereocenters. The van der Waals surface area contributed by atoms with Crippen LogP contribution >= 0.6 is 0 Å². The molecule has 6 nitrogen and oxygen atoms in total. The zero-order valence-electron chi connectivity index (χ0n) is 13.0. The van der Waals surface area contributed by atoms with Gasteiger partial charge in [0.05, 0.1) is 4.92 Å². The number of aromatic hydroxyl groups is 1. The largest absolute Gasteiger partial charge is 0.502 e. The van der Waals surface area contributed by atoms with Gasteiger partial charge in [0.1, 0.15) is 0 Å². The molecule has 1 rings (SSSR count). The van der Waals surface area contributed by atoms with Crippen LogP contribution in [0, 0.1) is 10.1 Å². The number of nitro groups is 1. The molecule has 0 radical (unpaired) electrons. The van der Waals surface area contributed by atoms with E-state index in [1.165, 1.54) is 56.4 Å². The number of nitrogens with zero attached hydrogens (tertiary/aromatic N) is 1. The highest BCUT2D eigenvalue weighted by atomic mass is 16.6. The molecule has 0 aliphatic carbocycles. The predicted octanol–water partition coefficient (Wildman–Crippen LogP) is 4.51. The lowest BCUT2D eigenvalue weighted by Crippen LogP contribution is -1.93. The highest BCUT2D eigenvalue weighted by Crippen LogP contribution is 2.23. The second-order valence-electron chi connectivity index (χ2n) is 5.01. The van der Waals surface area contributed by atoms with Gasteiger partial charge in [-0.05, 0) is 12.5 Å². The van der Waals surface area contributed by atoms with E-state index >= 15 is 0 Å². The van der Waals surface area contributed by atoms with Crippen molar-refractivity contribution in [1.29, 1.82) is 0 Å². The molecule has 0 saturated carbocycles. The van der Waals surface area contributed by atoms with Gasteiger partial charge >= 0.3 is 11.7 Å². The number of phenols is 1. The standard InChI is InChI=1S/C10H20O2.C6H5NO3/c1-2-3-4-5-6-7-8-9-10(11)12;8-6-4-2-1-3-5(6)7(9)10/h2-9H2,1H3,(H,11,12);1-4,8H. The molecule has 0 bridgehead atoms. The first kappa shape index (κ1) is 19.9. The number of hydrogen-bond donors (Lipinski definition) is 2. The minimum atomic E-state index is -0.663. The van der Waals surface area contributed by atoms with Crippen LogP contribution in [0.4, 0.5) is 5.69 Å². The van der Waals surface area contributed by atoms with Crippen molar-refractivity contribution in [1.82, 2.24) is 0 Å². The third kappa shape index (κ3) is 10.7. The molecular weight excluding hydrogens is 286 g/mol. The van der Waals surface area contributed by atoms with Crippen LogP contribution in [-0.4, -0.2) is 21.1 Å². The van der Waals surface area contributed by atoms with Crippen molar-refractivity contribution in [3.63, 3.8) is 0 Å². The molecule has 0 saturated heterocycles. The average molecular weight is 311 g/mol. The number of nitro benzene ring substituents is 1. The molecule has 0 fully saturated rings. The number of phenolic OH excluding ortho intramolecular Hbond substituents is 1. The van der Waals surface area contributed by atoms with E-state index in [9.17, 15) is 14.9 Å². The van der Waals surface area contributed by atoms with Gasteiger partial charge in [-0.25, -0.2) is 0 Å². The molecule has 0 spiro atoms. The Morgan fingerprint density at radius 3 is 2.09 bits per heavy atom. The Labute approximate surface area is 130 Å². The fourth-order valence-electron chi connectivity index (χ4n) is 1.85. The van der Waals surface area contributed by atoms with Crippen molar-refractivity contribution in [3.8, 4) is 5.75 Å². The molecule has 6 heteroatoms. The van der Waals surface area contributed by atoms with Crippen molar-refractivity contribution in [2.45, 2.75) is 58.3 Å². The lowest BCUT2D eigenvalue weighted by atomic mass is 10.1. The summed E-state index contributed by atoms with van der Waals surface area (Å²) < 4.78 is 0. The molecular formula is C16H25NO5. The number of carboxylic acids is 1. The summed E-state index contributed by atoms with van der Waals surface area (Å²) in [5.41, 5.74) is -0.262. The number of para-hydroxylation sites is 2. The zero-order chi connectivity index (χ0) is 16.8. The molecule has 22 heavy (non-hydrogen) atoms. The van der Waals surface area contributed by atoms with E-state index in [-0.39, 0.29) is 11.4 Å². The van der Waals surface area contributed by atoms with Gasteiger partial charge in [0.25, 0.3) is 0 Å². The first-order valence-electron chi connectivity index (χ1n) is 7.63. The Balaban J connectivity index is 0.000000406. The quantitative estimate of drug-likeness (QED) is 0.397. The second kappa shape index (κ2) is 12.6. The van der Waals surface area contributed by atoms with Gasteiger partial charge in [-0.15, -0.1) is 0 Å². The van der Waals surface area contributed by atoms with Crippen LogP contribution in [0.2, 0.25) is 0 Å². The van der Waals surface area contributed by atoms with E-state index in [1.807, 2.05) is 0 Å². The van der Waals surface area contributed by atoms with Gasteiger partial charge in [0.15, 0.2) is 5.75 Å². The Hall–Kier alpha value is -2.11. The minimum absolute atomic E-state index is 0.262. The Morgan fingerprint density at radius 2 is 1.64 bits per heavy atom. The smallest absolute Gasteiger partial charge is 0.310 e. The molecule has 0 aliphatic rings. The summed E-state index contributed by atoms with van der Waals surface area (Å²) in [4.78, 5) is 19.6. The maximum Gasteiger partial charge on any atom is 0.310 e. The lowest BCUT2D eigenvalue weighted by Gasteiger charge is -1.98. The van der Waals surface area contributed by atoms with E-state index < -0.39 is 10.9 Å². The minimum Gasteiger partial charge on any atom is -0.502 e. The number of hydrogen-bond acceptors (Lipinski definition) is 4. The first-order valence-corrected chi connectivity index (χ1v) is 7.63. The molecule has 0 amide bonds. The molecule has 0 aliphatic heterocycles. The Morgan fingerprint density at radius 1 is 1.09 bits per heavy atom. The van der Waals surface area contributed by atoms with Crippen molar-refractivity contribution < 1.29 is 19.9 Å². The van der Waals surface area contributed by atoms with Crippen LogP contribution < -0.4 is 0 Å². The SMILES string of the molecule is CCCCCCCCCC(=O)O.O=[N+]([O-])c1ccccc1O. The predicted molar refractivity (Wildman–Crippen MR) is 85.0 cm³/mol. The fraction of sp³-hybridized carbons (Fsp3) is 0.562. The van der Waals surface area contributed by atoms with Crippen molar-refractivity contribution in [2.75, 3.05) is 0 Å². The van der Waals surface area contributed by atoms with Crippen LogP contribution in [0.15, 0.2) is 24.3 Å².